The molecule has 0 saturated heterocycles. The van der Waals surface area contributed by atoms with Gasteiger partial charge in [-0.25, -0.2) is 0 Å². The van der Waals surface area contributed by atoms with Gasteiger partial charge in [0, 0.05) is 18.9 Å². The average molecular weight is 292 g/mol. The zero-order chi connectivity index (χ0) is 14.7. The second-order valence-electron chi connectivity index (χ2n) is 4.88. The van der Waals surface area contributed by atoms with Crippen molar-refractivity contribution < 1.29 is 4.79 Å². The first-order valence-corrected chi connectivity index (χ1v) is 6.99. The Kier molecular flexibility index (Phi) is 4.45. The van der Waals surface area contributed by atoms with Gasteiger partial charge in [0.25, 0.3) is 5.91 Å². The summed E-state index contributed by atoms with van der Waals surface area (Å²) >= 11 is 5.95. The first-order valence-electron chi connectivity index (χ1n) is 6.61. The van der Waals surface area contributed by atoms with Gasteiger partial charge in [-0.15, -0.1) is 0 Å². The molecule has 0 aliphatic carbocycles. The summed E-state index contributed by atoms with van der Waals surface area (Å²) in [4.78, 5) is 12.1. The van der Waals surface area contributed by atoms with Crippen LogP contribution in [0.2, 0.25) is 5.02 Å². The Balaban J connectivity index is 2.10. The maximum Gasteiger partial charge on any atom is 0.277 e. The van der Waals surface area contributed by atoms with E-state index < -0.39 is 0 Å². The van der Waals surface area contributed by atoms with Gasteiger partial charge >= 0.3 is 0 Å². The Bertz CT molecular complexity index is 604. The topological polar surface area (TPSA) is 46.9 Å². The fourth-order valence-electron chi connectivity index (χ4n) is 1.93. The van der Waals surface area contributed by atoms with Crippen molar-refractivity contribution >= 4 is 23.2 Å². The number of carbonyl (C=O) groups is 1. The molecule has 0 saturated carbocycles. The summed E-state index contributed by atoms with van der Waals surface area (Å²) in [5, 5.41) is 7.18. The zero-order valence-electron chi connectivity index (χ0n) is 11.9. The van der Waals surface area contributed by atoms with Gasteiger partial charge in [-0.05, 0) is 30.0 Å². The number of carbonyl (C=O) groups excluding carboxylic acids is 1. The summed E-state index contributed by atoms with van der Waals surface area (Å²) in [6.45, 7) is 4.34. The molecule has 0 bridgehead atoms. The Morgan fingerprint density at radius 1 is 1.40 bits per heavy atom. The van der Waals surface area contributed by atoms with Crippen LogP contribution < -0.4 is 5.32 Å². The van der Waals surface area contributed by atoms with Crippen LogP contribution in [0.4, 0.5) is 5.69 Å². The predicted molar refractivity (Wildman–Crippen MR) is 81.3 cm³/mol. The standard InChI is InChI=1S/C15H18ClN3O/c1-4-10(2)11-5-7-12(8-6-11)17-15(20)14-13(16)9-19(3)18-14/h5-10H,4H2,1-3H3,(H,17,20)/t10-/m0/s1. The minimum Gasteiger partial charge on any atom is -0.321 e. The number of aryl methyl sites for hydroxylation is 1. The molecule has 1 heterocycles. The molecule has 0 spiro atoms. The Morgan fingerprint density at radius 2 is 2.05 bits per heavy atom. The fraction of sp³-hybridized carbons (Fsp3) is 0.333. The third-order valence-electron chi connectivity index (χ3n) is 3.35. The molecule has 1 atom stereocenters. The number of aromatic nitrogens is 2. The third kappa shape index (κ3) is 3.20. The second-order valence-corrected chi connectivity index (χ2v) is 5.29. The minimum absolute atomic E-state index is 0.236. The minimum atomic E-state index is -0.299. The summed E-state index contributed by atoms with van der Waals surface area (Å²) in [6, 6.07) is 7.86. The number of hydrogen-bond acceptors (Lipinski definition) is 2. The van der Waals surface area contributed by atoms with Crippen LogP contribution in [-0.4, -0.2) is 15.7 Å². The summed E-state index contributed by atoms with van der Waals surface area (Å²) in [6.07, 6.45) is 2.69. The van der Waals surface area contributed by atoms with Gasteiger partial charge in [0.15, 0.2) is 5.69 Å². The maximum atomic E-state index is 12.1. The van der Waals surface area contributed by atoms with E-state index in [4.69, 9.17) is 11.6 Å². The van der Waals surface area contributed by atoms with Gasteiger partial charge in [-0.3, -0.25) is 9.48 Å². The SMILES string of the molecule is CC[C@H](C)c1ccc(NC(=O)c2nn(C)cc2Cl)cc1. The number of rotatable bonds is 4. The second kappa shape index (κ2) is 6.09. The largest absolute Gasteiger partial charge is 0.321 e. The van der Waals surface area contributed by atoms with Crippen molar-refractivity contribution in [3.63, 3.8) is 0 Å². The monoisotopic (exact) mass is 291 g/mol. The molecule has 0 unspecified atom stereocenters. The van der Waals surface area contributed by atoms with Crippen molar-refractivity contribution in [2.75, 3.05) is 5.32 Å². The molecule has 0 radical (unpaired) electrons. The van der Waals surface area contributed by atoms with E-state index in [0.717, 1.165) is 12.1 Å². The molecular formula is C15H18ClN3O. The molecule has 0 fully saturated rings. The van der Waals surface area contributed by atoms with Crippen molar-refractivity contribution in [2.45, 2.75) is 26.2 Å². The van der Waals surface area contributed by atoms with Crippen LogP contribution in [0.15, 0.2) is 30.5 Å². The van der Waals surface area contributed by atoms with Crippen LogP contribution in [0.25, 0.3) is 0 Å². The van der Waals surface area contributed by atoms with Crippen molar-refractivity contribution in [2.24, 2.45) is 7.05 Å². The Hall–Kier alpha value is -1.81. The van der Waals surface area contributed by atoms with Crippen molar-refractivity contribution in [3.8, 4) is 0 Å². The van der Waals surface area contributed by atoms with Crippen LogP contribution in [0.5, 0.6) is 0 Å². The molecule has 1 aromatic carbocycles. The van der Waals surface area contributed by atoms with Crippen LogP contribution in [0.1, 0.15) is 42.2 Å². The van der Waals surface area contributed by atoms with E-state index in [0.29, 0.717) is 10.9 Å². The third-order valence-corrected chi connectivity index (χ3v) is 3.63. The number of benzene rings is 1. The predicted octanol–water partition coefficient (Wildman–Crippen LogP) is 3.84. The molecule has 5 heteroatoms. The molecular weight excluding hydrogens is 274 g/mol. The molecule has 4 nitrogen and oxygen atoms in total. The van der Waals surface area contributed by atoms with Gasteiger partial charge in [-0.2, -0.15) is 5.10 Å². The van der Waals surface area contributed by atoms with E-state index in [1.54, 1.807) is 13.2 Å². The Morgan fingerprint density at radius 3 is 2.55 bits per heavy atom. The summed E-state index contributed by atoms with van der Waals surface area (Å²) in [5.74, 6) is 0.219. The molecule has 20 heavy (non-hydrogen) atoms. The number of nitrogens with zero attached hydrogens (tertiary/aromatic N) is 2. The van der Waals surface area contributed by atoms with E-state index in [9.17, 15) is 4.79 Å². The highest BCUT2D eigenvalue weighted by atomic mass is 35.5. The average Bonchev–Trinajstić information content (AvgIpc) is 2.78. The van der Waals surface area contributed by atoms with Gasteiger partial charge < -0.3 is 5.32 Å². The number of hydrogen-bond donors (Lipinski definition) is 1. The molecule has 2 aromatic rings. The highest BCUT2D eigenvalue weighted by Gasteiger charge is 2.14. The van der Waals surface area contributed by atoms with Gasteiger partial charge in [-0.1, -0.05) is 37.6 Å². The highest BCUT2D eigenvalue weighted by Crippen LogP contribution is 2.21. The lowest BCUT2D eigenvalue weighted by atomic mass is 9.99. The number of halogens is 1. The normalized spacial score (nSPS) is 12.2. The summed E-state index contributed by atoms with van der Waals surface area (Å²) in [7, 11) is 1.73. The van der Waals surface area contributed by atoms with E-state index in [1.807, 2.05) is 24.3 Å². The lowest BCUT2D eigenvalue weighted by Gasteiger charge is -2.10. The van der Waals surface area contributed by atoms with Crippen molar-refractivity contribution in [1.82, 2.24) is 9.78 Å². The first kappa shape index (κ1) is 14.6. The number of nitrogens with one attached hydrogen (secondary N) is 1. The van der Waals surface area contributed by atoms with E-state index in [-0.39, 0.29) is 11.6 Å². The van der Waals surface area contributed by atoms with Crippen molar-refractivity contribution in [1.29, 1.82) is 0 Å². The molecule has 2 rings (SSSR count). The van der Waals surface area contributed by atoms with Crippen LogP contribution in [0, 0.1) is 0 Å². The molecule has 0 aliphatic rings. The smallest absolute Gasteiger partial charge is 0.277 e. The molecule has 1 amide bonds. The van der Waals surface area contributed by atoms with Gasteiger partial charge in [0.05, 0.1) is 5.02 Å². The number of amides is 1. The lowest BCUT2D eigenvalue weighted by Crippen LogP contribution is -2.13. The number of anilines is 1. The lowest BCUT2D eigenvalue weighted by molar-refractivity contribution is 0.102. The maximum absolute atomic E-state index is 12.1. The molecule has 1 aromatic heterocycles. The highest BCUT2D eigenvalue weighted by molar-refractivity contribution is 6.34. The zero-order valence-corrected chi connectivity index (χ0v) is 12.6. The van der Waals surface area contributed by atoms with Gasteiger partial charge in [0.1, 0.15) is 0 Å². The van der Waals surface area contributed by atoms with Crippen LogP contribution in [-0.2, 0) is 7.05 Å². The quantitative estimate of drug-likeness (QED) is 0.930. The van der Waals surface area contributed by atoms with Crippen LogP contribution in [0.3, 0.4) is 0 Å². The Labute approximate surface area is 123 Å². The molecule has 0 aliphatic heterocycles. The summed E-state index contributed by atoms with van der Waals surface area (Å²) < 4.78 is 1.52. The molecule has 1 N–H and O–H groups in total. The fourth-order valence-corrected chi connectivity index (χ4v) is 2.20. The first-order chi connectivity index (χ1) is 9.51. The molecule has 106 valence electrons. The summed E-state index contributed by atoms with van der Waals surface area (Å²) in [5.41, 5.74) is 2.24. The van der Waals surface area contributed by atoms with E-state index in [1.165, 1.54) is 10.2 Å². The van der Waals surface area contributed by atoms with E-state index >= 15 is 0 Å². The van der Waals surface area contributed by atoms with Gasteiger partial charge in [0.2, 0.25) is 0 Å². The van der Waals surface area contributed by atoms with Crippen LogP contribution >= 0.6 is 11.6 Å². The van der Waals surface area contributed by atoms with E-state index in [2.05, 4.69) is 24.3 Å². The van der Waals surface area contributed by atoms with Crippen molar-refractivity contribution in [3.05, 3.63) is 46.7 Å².